The van der Waals surface area contributed by atoms with Crippen molar-refractivity contribution in [3.8, 4) is 0 Å². The highest BCUT2D eigenvalue weighted by atomic mass is 16.7. The van der Waals surface area contributed by atoms with Gasteiger partial charge in [-0.05, 0) is 19.9 Å². The van der Waals surface area contributed by atoms with Crippen molar-refractivity contribution in [3.63, 3.8) is 0 Å². The Balaban J connectivity index is 2.66. The van der Waals surface area contributed by atoms with E-state index in [4.69, 9.17) is 14.6 Å². The molecule has 6 heteroatoms. The molecule has 5 atom stereocenters. The molecule has 0 radical (unpaired) electrons. The standard InChI is InChI=1S/C14H22O6/c1-4-8(2)5-6-9(3)19-14-13(18)12(17)11(16)10(7-15)20-14/h4-6,10-18H,3,7H2,1-2H3/b6-5-,8-4-. The Kier molecular flexibility index (Phi) is 6.38. The van der Waals surface area contributed by atoms with Crippen molar-refractivity contribution in [2.45, 2.75) is 44.6 Å². The van der Waals surface area contributed by atoms with Gasteiger partial charge in [0.05, 0.1) is 6.61 Å². The minimum absolute atomic E-state index is 0.232. The largest absolute Gasteiger partial charge is 0.463 e. The van der Waals surface area contributed by atoms with Crippen molar-refractivity contribution in [3.05, 3.63) is 36.1 Å². The fourth-order valence-electron chi connectivity index (χ4n) is 1.67. The zero-order valence-corrected chi connectivity index (χ0v) is 11.6. The third-order valence-electron chi connectivity index (χ3n) is 3.10. The molecule has 0 amide bonds. The highest BCUT2D eigenvalue weighted by Gasteiger charge is 2.44. The van der Waals surface area contributed by atoms with Crippen molar-refractivity contribution >= 4 is 0 Å². The maximum absolute atomic E-state index is 9.78. The summed E-state index contributed by atoms with van der Waals surface area (Å²) in [4.78, 5) is 0. The summed E-state index contributed by atoms with van der Waals surface area (Å²) in [5.41, 5.74) is 1.00. The lowest BCUT2D eigenvalue weighted by molar-refractivity contribution is -0.290. The van der Waals surface area contributed by atoms with Crippen molar-refractivity contribution in [1.29, 1.82) is 0 Å². The molecule has 0 aromatic rings. The fourth-order valence-corrected chi connectivity index (χ4v) is 1.67. The van der Waals surface area contributed by atoms with E-state index in [0.717, 1.165) is 5.57 Å². The molecule has 1 saturated heterocycles. The first-order valence-corrected chi connectivity index (χ1v) is 6.37. The summed E-state index contributed by atoms with van der Waals surface area (Å²) in [5.74, 6) is 0.232. The highest BCUT2D eigenvalue weighted by molar-refractivity contribution is 5.21. The van der Waals surface area contributed by atoms with E-state index in [9.17, 15) is 15.3 Å². The molecule has 0 spiro atoms. The van der Waals surface area contributed by atoms with Gasteiger partial charge < -0.3 is 29.9 Å². The SMILES string of the molecule is C=C(/C=C\C(C)=C/C)OC1OC(CO)C(O)C(O)C1O. The Labute approximate surface area is 118 Å². The second-order valence-electron chi connectivity index (χ2n) is 4.65. The number of aliphatic hydroxyl groups is 4. The Morgan fingerprint density at radius 1 is 1.20 bits per heavy atom. The van der Waals surface area contributed by atoms with Crippen LogP contribution in [0.25, 0.3) is 0 Å². The zero-order chi connectivity index (χ0) is 15.3. The van der Waals surface area contributed by atoms with Gasteiger partial charge >= 0.3 is 0 Å². The summed E-state index contributed by atoms with van der Waals surface area (Å²) < 4.78 is 10.5. The lowest BCUT2D eigenvalue weighted by Gasteiger charge is -2.39. The lowest BCUT2D eigenvalue weighted by atomic mass is 9.99. The summed E-state index contributed by atoms with van der Waals surface area (Å²) in [6.07, 6.45) is -1.22. The molecule has 0 saturated carbocycles. The van der Waals surface area contributed by atoms with E-state index >= 15 is 0 Å². The number of aliphatic hydroxyl groups excluding tert-OH is 4. The lowest BCUT2D eigenvalue weighted by Crippen LogP contribution is -2.59. The molecule has 1 fully saturated rings. The zero-order valence-electron chi connectivity index (χ0n) is 11.6. The average Bonchev–Trinajstić information content (AvgIpc) is 2.45. The number of rotatable bonds is 5. The Bertz CT molecular complexity index is 387. The van der Waals surface area contributed by atoms with Crippen LogP contribution in [0.15, 0.2) is 36.1 Å². The van der Waals surface area contributed by atoms with Gasteiger partial charge in [-0.3, -0.25) is 0 Å². The Morgan fingerprint density at radius 3 is 2.40 bits per heavy atom. The first-order chi connectivity index (χ1) is 9.40. The van der Waals surface area contributed by atoms with Crippen molar-refractivity contribution in [2.75, 3.05) is 6.61 Å². The number of hydrogen-bond acceptors (Lipinski definition) is 6. The second kappa shape index (κ2) is 7.56. The van der Waals surface area contributed by atoms with E-state index in [1.165, 1.54) is 0 Å². The van der Waals surface area contributed by atoms with Crippen LogP contribution < -0.4 is 0 Å². The molecule has 0 aromatic carbocycles. The minimum atomic E-state index is -1.46. The predicted octanol–water partition coefficient (Wildman–Crippen LogP) is -0.161. The molecule has 1 aliphatic heterocycles. The van der Waals surface area contributed by atoms with Crippen molar-refractivity contribution in [2.24, 2.45) is 0 Å². The van der Waals surface area contributed by atoms with E-state index in [1.54, 1.807) is 12.2 Å². The van der Waals surface area contributed by atoms with Crippen LogP contribution in [0.2, 0.25) is 0 Å². The Morgan fingerprint density at radius 2 is 1.85 bits per heavy atom. The molecule has 4 N–H and O–H groups in total. The summed E-state index contributed by atoms with van der Waals surface area (Å²) in [5, 5.41) is 38.1. The van der Waals surface area contributed by atoms with E-state index in [-0.39, 0.29) is 5.76 Å². The monoisotopic (exact) mass is 286 g/mol. The molecule has 0 aromatic heterocycles. The maximum atomic E-state index is 9.78. The summed E-state index contributed by atoms with van der Waals surface area (Å²) in [6, 6.07) is 0. The average molecular weight is 286 g/mol. The van der Waals surface area contributed by atoms with E-state index in [2.05, 4.69) is 6.58 Å². The van der Waals surface area contributed by atoms with Gasteiger partial charge in [0.25, 0.3) is 0 Å². The molecule has 20 heavy (non-hydrogen) atoms. The van der Waals surface area contributed by atoms with E-state index < -0.39 is 37.3 Å². The van der Waals surface area contributed by atoms with Gasteiger partial charge in [-0.25, -0.2) is 0 Å². The van der Waals surface area contributed by atoms with Gasteiger partial charge in [0.15, 0.2) is 0 Å². The Hall–Kier alpha value is -1.18. The molecule has 5 unspecified atom stereocenters. The minimum Gasteiger partial charge on any atom is -0.463 e. The smallest absolute Gasteiger partial charge is 0.229 e. The predicted molar refractivity (Wildman–Crippen MR) is 72.6 cm³/mol. The van der Waals surface area contributed by atoms with Gasteiger partial charge in [-0.1, -0.05) is 24.3 Å². The first-order valence-electron chi connectivity index (χ1n) is 6.37. The molecule has 0 bridgehead atoms. The third-order valence-corrected chi connectivity index (χ3v) is 3.10. The van der Waals surface area contributed by atoms with Crippen LogP contribution in [0.4, 0.5) is 0 Å². The first kappa shape index (κ1) is 16.9. The highest BCUT2D eigenvalue weighted by Crippen LogP contribution is 2.23. The van der Waals surface area contributed by atoms with Gasteiger partial charge in [0.2, 0.25) is 6.29 Å². The number of hydrogen-bond donors (Lipinski definition) is 4. The van der Waals surface area contributed by atoms with Crippen LogP contribution in [0.5, 0.6) is 0 Å². The van der Waals surface area contributed by atoms with Crippen LogP contribution in [0, 0.1) is 0 Å². The van der Waals surface area contributed by atoms with Gasteiger partial charge in [-0.2, -0.15) is 0 Å². The van der Waals surface area contributed by atoms with Gasteiger partial charge in [0.1, 0.15) is 30.2 Å². The molecule has 114 valence electrons. The molecule has 6 nitrogen and oxygen atoms in total. The van der Waals surface area contributed by atoms with Crippen molar-refractivity contribution < 1.29 is 29.9 Å². The van der Waals surface area contributed by atoms with E-state index in [0.29, 0.717) is 0 Å². The quantitative estimate of drug-likeness (QED) is 0.414. The van der Waals surface area contributed by atoms with Crippen LogP contribution in [0.3, 0.4) is 0 Å². The number of allylic oxidation sites excluding steroid dienone is 4. The fraction of sp³-hybridized carbons (Fsp3) is 0.571. The molecular formula is C14H22O6. The molecule has 1 aliphatic rings. The van der Waals surface area contributed by atoms with Gasteiger partial charge in [0, 0.05) is 0 Å². The normalized spacial score (nSPS) is 35.3. The van der Waals surface area contributed by atoms with Crippen LogP contribution in [0.1, 0.15) is 13.8 Å². The maximum Gasteiger partial charge on any atom is 0.229 e. The summed E-state index contributed by atoms with van der Waals surface area (Å²) in [7, 11) is 0. The number of ether oxygens (including phenoxy) is 2. The van der Waals surface area contributed by atoms with E-state index in [1.807, 2.05) is 19.9 Å². The summed E-state index contributed by atoms with van der Waals surface area (Å²) >= 11 is 0. The van der Waals surface area contributed by atoms with Gasteiger partial charge in [-0.15, -0.1) is 0 Å². The molecular weight excluding hydrogens is 264 g/mol. The van der Waals surface area contributed by atoms with Crippen LogP contribution in [-0.2, 0) is 9.47 Å². The third kappa shape index (κ3) is 4.16. The summed E-state index contributed by atoms with van der Waals surface area (Å²) in [6.45, 7) is 6.95. The van der Waals surface area contributed by atoms with Crippen LogP contribution >= 0.6 is 0 Å². The molecule has 1 heterocycles. The van der Waals surface area contributed by atoms with Crippen molar-refractivity contribution in [1.82, 2.24) is 0 Å². The topological polar surface area (TPSA) is 99.4 Å². The second-order valence-corrected chi connectivity index (χ2v) is 4.65. The molecule has 0 aliphatic carbocycles. The van der Waals surface area contributed by atoms with Crippen LogP contribution in [-0.4, -0.2) is 57.7 Å². The molecule has 1 rings (SSSR count).